The van der Waals surface area contributed by atoms with Crippen molar-refractivity contribution in [1.82, 2.24) is 15.0 Å². The SMILES string of the molecule is CCCn1ccnc1C(NN)c1ccc(Br)c(C)c1. The summed E-state index contributed by atoms with van der Waals surface area (Å²) in [4.78, 5) is 4.44. The molecule has 1 atom stereocenters. The lowest BCUT2D eigenvalue weighted by atomic mass is 10.0. The second-order valence-corrected chi connectivity index (χ2v) is 5.44. The fourth-order valence-corrected chi connectivity index (χ4v) is 2.42. The fraction of sp³-hybridized carbons (Fsp3) is 0.357. The standard InChI is InChI=1S/C14H19BrN4/c1-3-7-19-8-6-17-14(19)13(18-16)11-4-5-12(15)10(2)9-11/h4-6,8-9,13,18H,3,7,16H2,1-2H3. The van der Waals surface area contributed by atoms with Crippen LogP contribution < -0.4 is 11.3 Å². The van der Waals surface area contributed by atoms with Gasteiger partial charge in [0.1, 0.15) is 11.9 Å². The van der Waals surface area contributed by atoms with Crippen molar-refractivity contribution in [3.63, 3.8) is 0 Å². The highest BCUT2D eigenvalue weighted by Gasteiger charge is 2.18. The van der Waals surface area contributed by atoms with Gasteiger partial charge in [0.2, 0.25) is 0 Å². The predicted octanol–water partition coefficient (Wildman–Crippen LogP) is 2.92. The van der Waals surface area contributed by atoms with Crippen LogP contribution in [0.15, 0.2) is 35.1 Å². The smallest absolute Gasteiger partial charge is 0.131 e. The lowest BCUT2D eigenvalue weighted by Gasteiger charge is -2.18. The number of hydrogen-bond donors (Lipinski definition) is 2. The van der Waals surface area contributed by atoms with E-state index in [-0.39, 0.29) is 6.04 Å². The van der Waals surface area contributed by atoms with Crippen LogP contribution in [0.5, 0.6) is 0 Å². The molecule has 102 valence electrons. The van der Waals surface area contributed by atoms with Gasteiger partial charge < -0.3 is 4.57 Å². The third kappa shape index (κ3) is 3.05. The third-order valence-corrected chi connectivity index (χ3v) is 4.04. The monoisotopic (exact) mass is 322 g/mol. The number of nitrogens with one attached hydrogen (secondary N) is 1. The van der Waals surface area contributed by atoms with Crippen LogP contribution in [0.3, 0.4) is 0 Å². The van der Waals surface area contributed by atoms with Crippen molar-refractivity contribution in [3.8, 4) is 0 Å². The summed E-state index contributed by atoms with van der Waals surface area (Å²) in [7, 11) is 0. The summed E-state index contributed by atoms with van der Waals surface area (Å²) in [6.07, 6.45) is 4.88. The first kappa shape index (κ1) is 14.2. The van der Waals surface area contributed by atoms with Crippen molar-refractivity contribution in [2.75, 3.05) is 0 Å². The molecule has 0 fully saturated rings. The largest absolute Gasteiger partial charge is 0.333 e. The van der Waals surface area contributed by atoms with Crippen LogP contribution in [0.25, 0.3) is 0 Å². The molecule has 0 bridgehead atoms. The van der Waals surface area contributed by atoms with Gasteiger partial charge in [-0.3, -0.25) is 5.84 Å². The fourth-order valence-electron chi connectivity index (χ4n) is 2.18. The van der Waals surface area contributed by atoms with Crippen LogP contribution in [0.4, 0.5) is 0 Å². The van der Waals surface area contributed by atoms with E-state index in [2.05, 4.69) is 56.9 Å². The molecule has 4 nitrogen and oxygen atoms in total. The van der Waals surface area contributed by atoms with Crippen molar-refractivity contribution in [3.05, 3.63) is 52.0 Å². The van der Waals surface area contributed by atoms with Crippen molar-refractivity contribution in [1.29, 1.82) is 0 Å². The molecule has 1 heterocycles. The molecular weight excluding hydrogens is 304 g/mol. The topological polar surface area (TPSA) is 55.9 Å². The lowest BCUT2D eigenvalue weighted by molar-refractivity contribution is 0.545. The van der Waals surface area contributed by atoms with Crippen LogP contribution in [0.2, 0.25) is 0 Å². The van der Waals surface area contributed by atoms with E-state index in [0.29, 0.717) is 0 Å². The molecule has 0 saturated heterocycles. The maximum absolute atomic E-state index is 5.73. The molecule has 0 aliphatic rings. The Morgan fingerprint density at radius 1 is 1.47 bits per heavy atom. The molecule has 0 aliphatic heterocycles. The van der Waals surface area contributed by atoms with E-state index < -0.39 is 0 Å². The van der Waals surface area contributed by atoms with Gasteiger partial charge in [0, 0.05) is 23.4 Å². The number of hydrogen-bond acceptors (Lipinski definition) is 3. The van der Waals surface area contributed by atoms with Gasteiger partial charge in [0.05, 0.1) is 0 Å². The Bertz CT molecular complexity index is 550. The van der Waals surface area contributed by atoms with Crippen LogP contribution >= 0.6 is 15.9 Å². The van der Waals surface area contributed by atoms with Gasteiger partial charge in [-0.2, -0.15) is 0 Å². The number of benzene rings is 1. The number of aryl methyl sites for hydroxylation is 2. The predicted molar refractivity (Wildman–Crippen MR) is 80.6 cm³/mol. The summed E-state index contributed by atoms with van der Waals surface area (Å²) in [5, 5.41) is 0. The highest BCUT2D eigenvalue weighted by Crippen LogP contribution is 2.24. The average Bonchev–Trinajstić information content (AvgIpc) is 2.83. The Morgan fingerprint density at radius 3 is 2.89 bits per heavy atom. The van der Waals surface area contributed by atoms with Gasteiger partial charge in [-0.15, -0.1) is 0 Å². The van der Waals surface area contributed by atoms with Crippen molar-refractivity contribution in [2.45, 2.75) is 32.9 Å². The summed E-state index contributed by atoms with van der Waals surface area (Å²) in [5.74, 6) is 6.68. The maximum atomic E-state index is 5.73. The van der Waals surface area contributed by atoms with E-state index in [4.69, 9.17) is 5.84 Å². The summed E-state index contributed by atoms with van der Waals surface area (Å²) < 4.78 is 3.24. The minimum atomic E-state index is -0.0895. The minimum absolute atomic E-state index is 0.0895. The van der Waals surface area contributed by atoms with Gasteiger partial charge in [0.15, 0.2) is 0 Å². The third-order valence-electron chi connectivity index (χ3n) is 3.15. The normalized spacial score (nSPS) is 12.6. The first-order chi connectivity index (χ1) is 9.17. The Labute approximate surface area is 122 Å². The number of nitrogens with zero attached hydrogens (tertiary/aromatic N) is 2. The summed E-state index contributed by atoms with van der Waals surface area (Å²) in [6.45, 7) is 5.17. The molecule has 0 amide bonds. The molecule has 2 aromatic rings. The lowest BCUT2D eigenvalue weighted by Crippen LogP contribution is -2.31. The van der Waals surface area contributed by atoms with Crippen LogP contribution in [-0.2, 0) is 6.54 Å². The highest BCUT2D eigenvalue weighted by atomic mass is 79.9. The molecule has 1 aromatic heterocycles. The van der Waals surface area contributed by atoms with E-state index in [1.54, 1.807) is 0 Å². The van der Waals surface area contributed by atoms with E-state index in [0.717, 1.165) is 28.8 Å². The average molecular weight is 323 g/mol. The maximum Gasteiger partial charge on any atom is 0.131 e. The summed E-state index contributed by atoms with van der Waals surface area (Å²) in [5.41, 5.74) is 5.17. The minimum Gasteiger partial charge on any atom is -0.333 e. The Morgan fingerprint density at radius 2 is 2.26 bits per heavy atom. The summed E-state index contributed by atoms with van der Waals surface area (Å²) in [6, 6.07) is 6.14. The van der Waals surface area contributed by atoms with Crippen LogP contribution in [0, 0.1) is 6.92 Å². The molecule has 19 heavy (non-hydrogen) atoms. The quantitative estimate of drug-likeness (QED) is 0.657. The number of imidazole rings is 1. The van der Waals surface area contributed by atoms with E-state index in [9.17, 15) is 0 Å². The molecule has 0 radical (unpaired) electrons. The van der Waals surface area contributed by atoms with Gasteiger partial charge in [-0.1, -0.05) is 35.0 Å². The molecule has 5 heteroatoms. The molecule has 0 saturated carbocycles. The first-order valence-electron chi connectivity index (χ1n) is 6.40. The van der Waals surface area contributed by atoms with Crippen LogP contribution in [0.1, 0.15) is 36.3 Å². The summed E-state index contributed by atoms with van der Waals surface area (Å²) >= 11 is 3.52. The van der Waals surface area contributed by atoms with Crippen molar-refractivity contribution < 1.29 is 0 Å². The number of aromatic nitrogens is 2. The Kier molecular flexibility index (Phi) is 4.74. The second-order valence-electron chi connectivity index (χ2n) is 4.59. The highest BCUT2D eigenvalue weighted by molar-refractivity contribution is 9.10. The zero-order chi connectivity index (χ0) is 13.8. The number of hydrazine groups is 1. The van der Waals surface area contributed by atoms with E-state index >= 15 is 0 Å². The molecule has 1 unspecified atom stereocenters. The van der Waals surface area contributed by atoms with Crippen molar-refractivity contribution in [2.24, 2.45) is 5.84 Å². The van der Waals surface area contributed by atoms with Crippen molar-refractivity contribution >= 4 is 15.9 Å². The van der Waals surface area contributed by atoms with Gasteiger partial charge in [0.25, 0.3) is 0 Å². The second kappa shape index (κ2) is 6.32. The van der Waals surface area contributed by atoms with Gasteiger partial charge in [-0.25, -0.2) is 10.4 Å². The van der Waals surface area contributed by atoms with E-state index in [1.165, 1.54) is 5.56 Å². The number of halogens is 1. The number of nitrogens with two attached hydrogens (primary N) is 1. The zero-order valence-corrected chi connectivity index (χ0v) is 12.8. The van der Waals surface area contributed by atoms with Crippen LogP contribution in [-0.4, -0.2) is 9.55 Å². The molecule has 0 spiro atoms. The first-order valence-corrected chi connectivity index (χ1v) is 7.19. The molecule has 1 aromatic carbocycles. The van der Waals surface area contributed by atoms with Gasteiger partial charge >= 0.3 is 0 Å². The Balaban J connectivity index is 2.38. The molecule has 3 N–H and O–H groups in total. The van der Waals surface area contributed by atoms with Gasteiger partial charge in [-0.05, 0) is 30.5 Å². The molecule has 2 rings (SSSR count). The molecular formula is C14H19BrN4. The zero-order valence-electron chi connectivity index (χ0n) is 11.2. The molecule has 0 aliphatic carbocycles. The Hall–Kier alpha value is -1.17. The number of rotatable bonds is 5. The van der Waals surface area contributed by atoms with E-state index in [1.807, 2.05) is 18.5 Å².